The summed E-state index contributed by atoms with van der Waals surface area (Å²) in [6.07, 6.45) is 8.04. The average molecular weight is 278 g/mol. The van der Waals surface area contributed by atoms with Crippen LogP contribution < -0.4 is 5.32 Å². The highest BCUT2D eigenvalue weighted by Gasteiger charge is 2.43. The molecule has 1 aliphatic rings. The summed E-state index contributed by atoms with van der Waals surface area (Å²) in [5.74, 6) is -1.10. The molecular formula is C15H22N2O3. The molecular weight excluding hydrogens is 256 g/mol. The Morgan fingerprint density at radius 3 is 2.40 bits per heavy atom. The van der Waals surface area contributed by atoms with Gasteiger partial charge in [0.1, 0.15) is 11.6 Å². The van der Waals surface area contributed by atoms with E-state index in [1.54, 1.807) is 0 Å². The second-order valence-corrected chi connectivity index (χ2v) is 5.52. The van der Waals surface area contributed by atoms with E-state index in [-0.39, 0.29) is 11.9 Å². The maximum Gasteiger partial charge on any atom is 0.329 e. The average Bonchev–Trinajstić information content (AvgIpc) is 3.07. The van der Waals surface area contributed by atoms with Crippen LogP contribution in [0, 0.1) is 0 Å². The number of aromatic nitrogens is 1. The lowest BCUT2D eigenvalue weighted by Gasteiger charge is -2.28. The van der Waals surface area contributed by atoms with Crippen LogP contribution in [0.3, 0.4) is 0 Å². The smallest absolute Gasteiger partial charge is 0.329 e. The Balaban J connectivity index is 2.14. The number of carbonyl (C=O) groups excluding carboxylic acids is 1. The fraction of sp³-hybridized carbons (Fsp3) is 0.600. The Morgan fingerprint density at radius 2 is 1.90 bits per heavy atom. The van der Waals surface area contributed by atoms with Gasteiger partial charge in [0.15, 0.2) is 0 Å². The number of hydrogen-bond acceptors (Lipinski definition) is 2. The highest BCUT2D eigenvalue weighted by molar-refractivity contribution is 5.89. The summed E-state index contributed by atoms with van der Waals surface area (Å²) in [6.45, 7) is 2.02. The minimum Gasteiger partial charge on any atom is -0.480 e. The van der Waals surface area contributed by atoms with E-state index in [1.165, 1.54) is 0 Å². The van der Waals surface area contributed by atoms with Crippen LogP contribution in [0.25, 0.3) is 0 Å². The van der Waals surface area contributed by atoms with E-state index in [9.17, 15) is 14.7 Å². The summed E-state index contributed by atoms with van der Waals surface area (Å²) in [6, 6.07) is 3.42. The third-order valence-corrected chi connectivity index (χ3v) is 4.08. The Labute approximate surface area is 119 Å². The minimum atomic E-state index is -1.06. The van der Waals surface area contributed by atoms with E-state index in [4.69, 9.17) is 0 Å². The molecule has 1 amide bonds. The number of carboxylic acids is 1. The first-order valence-electron chi connectivity index (χ1n) is 7.27. The van der Waals surface area contributed by atoms with Gasteiger partial charge >= 0.3 is 5.97 Å². The van der Waals surface area contributed by atoms with Crippen molar-refractivity contribution in [3.05, 3.63) is 24.5 Å². The number of aliphatic carboxylic acids is 1. The number of carbonyl (C=O) groups is 2. The van der Waals surface area contributed by atoms with Gasteiger partial charge in [0.2, 0.25) is 5.91 Å². The van der Waals surface area contributed by atoms with Crippen LogP contribution in [-0.2, 0) is 9.59 Å². The molecule has 20 heavy (non-hydrogen) atoms. The van der Waals surface area contributed by atoms with Crippen molar-refractivity contribution in [1.29, 1.82) is 0 Å². The maximum absolute atomic E-state index is 12.5. The number of nitrogens with one attached hydrogen (secondary N) is 1. The molecule has 0 aliphatic heterocycles. The van der Waals surface area contributed by atoms with Crippen LogP contribution in [-0.4, -0.2) is 27.1 Å². The molecule has 0 spiro atoms. The lowest BCUT2D eigenvalue weighted by Crippen LogP contribution is -2.54. The molecule has 5 heteroatoms. The van der Waals surface area contributed by atoms with Crippen molar-refractivity contribution in [2.45, 2.75) is 57.0 Å². The summed E-state index contributed by atoms with van der Waals surface area (Å²) in [4.78, 5) is 24.0. The fourth-order valence-electron chi connectivity index (χ4n) is 2.93. The lowest BCUT2D eigenvalue weighted by molar-refractivity contribution is -0.148. The molecule has 0 saturated heterocycles. The fourth-order valence-corrected chi connectivity index (χ4v) is 2.93. The van der Waals surface area contributed by atoms with Crippen molar-refractivity contribution in [2.24, 2.45) is 0 Å². The van der Waals surface area contributed by atoms with Crippen LogP contribution in [0.1, 0.15) is 51.5 Å². The third kappa shape index (κ3) is 2.86. The molecule has 110 valence electrons. The first kappa shape index (κ1) is 14.6. The molecule has 5 nitrogen and oxygen atoms in total. The second kappa shape index (κ2) is 6.11. The van der Waals surface area contributed by atoms with Crippen molar-refractivity contribution in [2.75, 3.05) is 0 Å². The van der Waals surface area contributed by atoms with E-state index < -0.39 is 11.5 Å². The van der Waals surface area contributed by atoms with Gasteiger partial charge in [-0.25, -0.2) is 4.79 Å². The van der Waals surface area contributed by atoms with Gasteiger partial charge in [0.05, 0.1) is 0 Å². The van der Waals surface area contributed by atoms with Gasteiger partial charge < -0.3 is 15.0 Å². The zero-order chi connectivity index (χ0) is 14.6. The Hall–Kier alpha value is -1.78. The zero-order valence-electron chi connectivity index (χ0n) is 11.8. The van der Waals surface area contributed by atoms with Gasteiger partial charge in [0, 0.05) is 12.4 Å². The van der Waals surface area contributed by atoms with Crippen molar-refractivity contribution in [3.63, 3.8) is 0 Å². The number of rotatable bonds is 6. The molecule has 1 saturated carbocycles. The van der Waals surface area contributed by atoms with Crippen LogP contribution >= 0.6 is 0 Å². The van der Waals surface area contributed by atoms with E-state index in [0.29, 0.717) is 19.3 Å². The normalized spacial score (nSPS) is 18.6. The molecule has 1 aromatic rings. The van der Waals surface area contributed by atoms with E-state index in [1.807, 2.05) is 36.0 Å². The van der Waals surface area contributed by atoms with Gasteiger partial charge in [-0.1, -0.05) is 26.2 Å². The maximum atomic E-state index is 12.5. The summed E-state index contributed by atoms with van der Waals surface area (Å²) < 4.78 is 1.85. The highest BCUT2D eigenvalue weighted by Crippen LogP contribution is 2.31. The van der Waals surface area contributed by atoms with Gasteiger partial charge in [-0.05, 0) is 31.4 Å². The Bertz CT molecular complexity index is 461. The Morgan fingerprint density at radius 1 is 1.30 bits per heavy atom. The minimum absolute atomic E-state index is 0.188. The number of amides is 1. The molecule has 2 N–H and O–H groups in total. The van der Waals surface area contributed by atoms with Crippen LogP contribution in [0.5, 0.6) is 0 Å². The summed E-state index contributed by atoms with van der Waals surface area (Å²) in [5, 5.41) is 12.2. The molecule has 1 atom stereocenters. The van der Waals surface area contributed by atoms with Crippen molar-refractivity contribution < 1.29 is 14.7 Å². The van der Waals surface area contributed by atoms with Crippen LogP contribution in [0.15, 0.2) is 24.5 Å². The number of carboxylic acid groups (broad SMARTS) is 1. The number of hydrogen-bond donors (Lipinski definition) is 2. The summed E-state index contributed by atoms with van der Waals surface area (Å²) in [5.41, 5.74) is -1.06. The molecule has 1 aliphatic carbocycles. The monoisotopic (exact) mass is 278 g/mol. The van der Waals surface area contributed by atoms with Crippen molar-refractivity contribution in [1.82, 2.24) is 9.88 Å². The predicted molar refractivity (Wildman–Crippen MR) is 75.4 cm³/mol. The van der Waals surface area contributed by atoms with Gasteiger partial charge in [0.25, 0.3) is 0 Å². The molecule has 1 heterocycles. The van der Waals surface area contributed by atoms with E-state index in [0.717, 1.165) is 19.3 Å². The molecule has 1 aromatic heterocycles. The van der Waals surface area contributed by atoms with E-state index >= 15 is 0 Å². The summed E-state index contributed by atoms with van der Waals surface area (Å²) >= 11 is 0. The predicted octanol–water partition coefficient (Wildman–Crippen LogP) is 2.34. The van der Waals surface area contributed by atoms with Crippen LogP contribution in [0.2, 0.25) is 0 Å². The molecule has 2 rings (SSSR count). The van der Waals surface area contributed by atoms with Crippen molar-refractivity contribution in [3.8, 4) is 0 Å². The molecule has 0 bridgehead atoms. The number of nitrogens with zero attached hydrogens (tertiary/aromatic N) is 1. The van der Waals surface area contributed by atoms with Gasteiger partial charge in [-0.3, -0.25) is 4.79 Å². The molecule has 1 fully saturated rings. The van der Waals surface area contributed by atoms with Crippen LogP contribution in [0.4, 0.5) is 0 Å². The zero-order valence-corrected chi connectivity index (χ0v) is 11.8. The Kier molecular flexibility index (Phi) is 4.47. The quantitative estimate of drug-likeness (QED) is 0.839. The lowest BCUT2D eigenvalue weighted by atomic mass is 9.96. The standard InChI is InChI=1S/C15H22N2O3/c1-2-7-12(17-10-5-6-11-17)13(18)16-15(14(19)20)8-3-4-9-15/h5-6,10-12H,2-4,7-9H2,1H3,(H,16,18)(H,19,20)/t12-/m0/s1. The van der Waals surface area contributed by atoms with Crippen molar-refractivity contribution >= 4 is 11.9 Å². The van der Waals surface area contributed by atoms with Gasteiger partial charge in [-0.15, -0.1) is 0 Å². The molecule has 0 aromatic carbocycles. The first-order valence-corrected chi connectivity index (χ1v) is 7.27. The van der Waals surface area contributed by atoms with Gasteiger partial charge in [-0.2, -0.15) is 0 Å². The second-order valence-electron chi connectivity index (χ2n) is 5.52. The largest absolute Gasteiger partial charge is 0.480 e. The molecule has 0 radical (unpaired) electrons. The highest BCUT2D eigenvalue weighted by atomic mass is 16.4. The SMILES string of the molecule is CCC[C@@H](C(=O)NC1(C(=O)O)CCCC1)n1cccc1. The topological polar surface area (TPSA) is 71.3 Å². The summed E-state index contributed by atoms with van der Waals surface area (Å²) in [7, 11) is 0. The molecule has 0 unspecified atom stereocenters. The third-order valence-electron chi connectivity index (χ3n) is 4.08. The van der Waals surface area contributed by atoms with E-state index in [2.05, 4.69) is 5.32 Å². The first-order chi connectivity index (χ1) is 9.59.